The topological polar surface area (TPSA) is 9.23 Å². The van der Waals surface area contributed by atoms with E-state index in [0.717, 1.165) is 11.9 Å². The number of halogens is 1. The Morgan fingerprint density at radius 2 is 1.10 bits per heavy atom. The molecular formula is C27H26BrOP. The summed E-state index contributed by atoms with van der Waals surface area (Å²) >= 11 is 4.52. The third-order valence-corrected chi connectivity index (χ3v) is 15.4. The van der Waals surface area contributed by atoms with Crippen LogP contribution in [0.25, 0.3) is 0 Å². The van der Waals surface area contributed by atoms with Gasteiger partial charge in [-0.2, -0.15) is 0 Å². The predicted octanol–water partition coefficient (Wildman–Crippen LogP) is 6.34. The Morgan fingerprint density at radius 1 is 0.667 bits per heavy atom. The van der Waals surface area contributed by atoms with Crippen LogP contribution in [0.3, 0.4) is 0 Å². The van der Waals surface area contributed by atoms with Gasteiger partial charge in [-0.05, 0) is 0 Å². The van der Waals surface area contributed by atoms with Crippen LogP contribution in [-0.4, -0.2) is 7.11 Å². The molecule has 1 nitrogen and oxygen atoms in total. The number of hydrogen-bond acceptors (Lipinski definition) is 1. The summed E-state index contributed by atoms with van der Waals surface area (Å²) in [6.45, 7) is 2.17. The van der Waals surface area contributed by atoms with Crippen molar-refractivity contribution in [1.82, 2.24) is 0 Å². The molecule has 0 radical (unpaired) electrons. The van der Waals surface area contributed by atoms with Gasteiger partial charge in [0, 0.05) is 0 Å². The molecule has 0 saturated carbocycles. The van der Waals surface area contributed by atoms with Crippen LogP contribution in [0.1, 0.15) is 11.1 Å². The van der Waals surface area contributed by atoms with Crippen LogP contribution in [0.2, 0.25) is 0 Å². The van der Waals surface area contributed by atoms with E-state index >= 15 is 0 Å². The molecule has 152 valence electrons. The van der Waals surface area contributed by atoms with Crippen molar-refractivity contribution in [3.63, 3.8) is 0 Å². The number of rotatable bonds is 6. The van der Waals surface area contributed by atoms with Crippen LogP contribution in [-0.2, 0) is 6.16 Å². The summed E-state index contributed by atoms with van der Waals surface area (Å²) in [6, 6.07) is 39.2. The van der Waals surface area contributed by atoms with Crippen molar-refractivity contribution >= 4 is 36.7 Å². The molecule has 4 aromatic rings. The van der Waals surface area contributed by atoms with Crippen LogP contribution < -0.4 is 20.7 Å². The standard InChI is InChI=1S/C27H26BrOP/c1-22-20-24(29-2)19-18-23(22)21-30(28,25-12-6-3-7-13-25,26-14-8-4-9-15-26)27-16-10-5-11-17-27/h3-20H,21H2,1-2H3. The zero-order chi connectivity index (χ0) is 21.1. The van der Waals surface area contributed by atoms with Gasteiger partial charge in [-0.25, -0.2) is 0 Å². The molecule has 0 unspecified atom stereocenters. The molecule has 4 aromatic carbocycles. The molecule has 0 heterocycles. The van der Waals surface area contributed by atoms with Crippen molar-refractivity contribution in [3.05, 3.63) is 120 Å². The average Bonchev–Trinajstić information content (AvgIpc) is 2.82. The van der Waals surface area contributed by atoms with Gasteiger partial charge >= 0.3 is 188 Å². The number of aryl methyl sites for hydroxylation is 1. The third-order valence-electron chi connectivity index (χ3n) is 5.90. The summed E-state index contributed by atoms with van der Waals surface area (Å²) in [5.74, 6) is 0.894. The fraction of sp³-hybridized carbons (Fsp3) is 0.111. The fourth-order valence-corrected chi connectivity index (χ4v) is 12.0. The normalized spacial score (nSPS) is 12.7. The zero-order valence-corrected chi connectivity index (χ0v) is 19.8. The number of ether oxygens (including phenoxy) is 1. The van der Waals surface area contributed by atoms with Gasteiger partial charge in [-0.3, -0.25) is 0 Å². The van der Waals surface area contributed by atoms with E-state index in [1.165, 1.54) is 27.0 Å². The molecule has 0 atom stereocenters. The molecule has 0 aliphatic heterocycles. The Bertz CT molecular complexity index is 1030. The van der Waals surface area contributed by atoms with Crippen molar-refractivity contribution in [1.29, 1.82) is 0 Å². The Kier molecular flexibility index (Phi) is 5.82. The molecule has 0 bridgehead atoms. The molecule has 0 N–H and O–H groups in total. The van der Waals surface area contributed by atoms with Crippen molar-refractivity contribution in [2.45, 2.75) is 13.1 Å². The number of hydrogen-bond donors (Lipinski definition) is 0. The molecule has 0 spiro atoms. The van der Waals surface area contributed by atoms with E-state index in [1.807, 2.05) is 0 Å². The molecule has 0 aliphatic carbocycles. The van der Waals surface area contributed by atoms with Gasteiger partial charge in [0.25, 0.3) is 0 Å². The Labute approximate surface area is 187 Å². The van der Waals surface area contributed by atoms with Crippen LogP contribution in [0, 0.1) is 6.92 Å². The molecule has 4 rings (SSSR count). The van der Waals surface area contributed by atoms with Crippen LogP contribution >= 0.6 is 20.8 Å². The van der Waals surface area contributed by atoms with Crippen LogP contribution in [0.5, 0.6) is 5.75 Å². The maximum absolute atomic E-state index is 5.46. The molecule has 3 heteroatoms. The van der Waals surface area contributed by atoms with E-state index in [-0.39, 0.29) is 0 Å². The van der Waals surface area contributed by atoms with Gasteiger partial charge in [0.1, 0.15) is 0 Å². The van der Waals surface area contributed by atoms with Gasteiger partial charge in [0.2, 0.25) is 0 Å². The van der Waals surface area contributed by atoms with Gasteiger partial charge in [0.15, 0.2) is 0 Å². The van der Waals surface area contributed by atoms with Gasteiger partial charge < -0.3 is 0 Å². The number of methoxy groups -OCH3 is 1. The first-order valence-electron chi connectivity index (χ1n) is 10.1. The van der Waals surface area contributed by atoms with E-state index in [4.69, 9.17) is 4.74 Å². The molecule has 0 aromatic heterocycles. The molecule has 0 aliphatic rings. The van der Waals surface area contributed by atoms with E-state index in [9.17, 15) is 0 Å². The summed E-state index contributed by atoms with van der Waals surface area (Å²) in [4.78, 5) is 0. The maximum atomic E-state index is 5.46. The predicted molar refractivity (Wildman–Crippen MR) is 136 cm³/mol. The van der Waals surface area contributed by atoms with E-state index < -0.39 is 5.31 Å². The minimum atomic E-state index is -2.97. The second kappa shape index (κ2) is 8.38. The molecule has 30 heavy (non-hydrogen) atoms. The van der Waals surface area contributed by atoms with E-state index in [0.29, 0.717) is 0 Å². The molecular weight excluding hydrogens is 451 g/mol. The fourth-order valence-electron chi connectivity index (χ4n) is 4.23. The summed E-state index contributed by atoms with van der Waals surface area (Å²) < 4.78 is 5.46. The molecule has 0 fully saturated rings. The third kappa shape index (κ3) is 3.49. The second-order valence-corrected chi connectivity index (χ2v) is 16.6. The first-order chi connectivity index (χ1) is 14.6. The Balaban J connectivity index is 2.06. The molecule has 0 saturated heterocycles. The van der Waals surface area contributed by atoms with Crippen molar-refractivity contribution in [2.24, 2.45) is 0 Å². The van der Waals surface area contributed by atoms with Gasteiger partial charge in [-0.1, -0.05) is 0 Å². The average molecular weight is 477 g/mol. The van der Waals surface area contributed by atoms with Crippen molar-refractivity contribution in [3.8, 4) is 5.75 Å². The molecule has 0 amide bonds. The van der Waals surface area contributed by atoms with Crippen LogP contribution in [0.15, 0.2) is 109 Å². The Morgan fingerprint density at radius 3 is 1.47 bits per heavy atom. The number of benzene rings is 4. The SMILES string of the molecule is COc1ccc(CP(Br)(c2ccccc2)(c2ccccc2)c2ccccc2)c(C)c1. The van der Waals surface area contributed by atoms with Crippen LogP contribution in [0.4, 0.5) is 0 Å². The quantitative estimate of drug-likeness (QED) is 0.295. The summed E-state index contributed by atoms with van der Waals surface area (Å²) in [5.41, 5.74) is 2.56. The van der Waals surface area contributed by atoms with Gasteiger partial charge in [-0.15, -0.1) is 0 Å². The first kappa shape index (κ1) is 20.8. The van der Waals surface area contributed by atoms with Crippen molar-refractivity contribution < 1.29 is 4.74 Å². The Hall–Kier alpha value is -2.41. The van der Waals surface area contributed by atoms with Crippen molar-refractivity contribution in [2.75, 3.05) is 7.11 Å². The summed E-state index contributed by atoms with van der Waals surface area (Å²) in [6.07, 6.45) is 0.888. The first-order valence-corrected chi connectivity index (χ1v) is 14.5. The zero-order valence-electron chi connectivity index (χ0n) is 17.3. The monoisotopic (exact) mass is 476 g/mol. The van der Waals surface area contributed by atoms with E-state index in [1.54, 1.807) is 7.11 Å². The van der Waals surface area contributed by atoms with Gasteiger partial charge in [0.05, 0.1) is 0 Å². The van der Waals surface area contributed by atoms with E-state index in [2.05, 4.69) is 132 Å². The summed E-state index contributed by atoms with van der Waals surface area (Å²) in [7, 11) is 1.72. The minimum absolute atomic E-state index is 0.888. The second-order valence-electron chi connectivity index (χ2n) is 7.64. The summed E-state index contributed by atoms with van der Waals surface area (Å²) in [5, 5.41) is 1.02.